The summed E-state index contributed by atoms with van der Waals surface area (Å²) in [6, 6.07) is 2.72. The maximum absolute atomic E-state index is 4.82. The van der Waals surface area contributed by atoms with Crippen LogP contribution in [0.3, 0.4) is 0 Å². The highest BCUT2D eigenvalue weighted by atomic mass is 15.2. The van der Waals surface area contributed by atoms with E-state index in [2.05, 4.69) is 42.0 Å². The molecule has 0 spiro atoms. The molecule has 1 fully saturated rings. The fourth-order valence-corrected chi connectivity index (χ4v) is 2.89. The van der Waals surface area contributed by atoms with Gasteiger partial charge >= 0.3 is 0 Å². The van der Waals surface area contributed by atoms with Crippen molar-refractivity contribution in [1.82, 2.24) is 9.97 Å². The monoisotopic (exact) mass is 276 g/mol. The summed E-state index contributed by atoms with van der Waals surface area (Å²) in [5.74, 6) is 3.32. The molecule has 0 aliphatic carbocycles. The Balaban J connectivity index is 2.35. The molecule has 0 saturated carbocycles. The molecule has 0 aromatic carbocycles. The van der Waals surface area contributed by atoms with Gasteiger partial charge in [0.15, 0.2) is 0 Å². The number of rotatable bonds is 4. The molecular weight excluding hydrogens is 248 g/mol. The first-order valence-electron chi connectivity index (χ1n) is 7.99. The van der Waals surface area contributed by atoms with Crippen LogP contribution in [0.2, 0.25) is 0 Å². The van der Waals surface area contributed by atoms with Crippen molar-refractivity contribution in [3.05, 3.63) is 11.9 Å². The lowest BCUT2D eigenvalue weighted by atomic mass is 10.1. The number of hydrogen-bond acceptors (Lipinski definition) is 4. The second-order valence-electron chi connectivity index (χ2n) is 5.98. The van der Waals surface area contributed by atoms with Crippen molar-refractivity contribution in [3.63, 3.8) is 0 Å². The summed E-state index contributed by atoms with van der Waals surface area (Å²) in [5, 5.41) is 3.17. The summed E-state index contributed by atoms with van der Waals surface area (Å²) in [7, 11) is 1.93. The molecule has 0 radical (unpaired) electrons. The average molecular weight is 276 g/mol. The number of anilines is 2. The Hall–Kier alpha value is -1.32. The average Bonchev–Trinajstić information content (AvgIpc) is 2.71. The number of nitrogens with zero attached hydrogens (tertiary/aromatic N) is 3. The third kappa shape index (κ3) is 3.41. The van der Waals surface area contributed by atoms with E-state index in [0.717, 1.165) is 24.0 Å². The summed E-state index contributed by atoms with van der Waals surface area (Å²) in [6.45, 7) is 7.71. The van der Waals surface area contributed by atoms with Gasteiger partial charge in [0.2, 0.25) is 0 Å². The standard InChI is InChI=1S/C16H28N4/c1-5-13-9-7-6-8-10-20(13)15-11-14(17-4)18-16(19-15)12(2)3/h11-13H,5-10H2,1-4H3,(H,17,18,19). The van der Waals surface area contributed by atoms with Crippen LogP contribution >= 0.6 is 0 Å². The van der Waals surface area contributed by atoms with Crippen LogP contribution in [0.5, 0.6) is 0 Å². The minimum Gasteiger partial charge on any atom is -0.373 e. The fourth-order valence-electron chi connectivity index (χ4n) is 2.89. The molecule has 1 atom stereocenters. The van der Waals surface area contributed by atoms with Crippen LogP contribution in [0.25, 0.3) is 0 Å². The third-order valence-electron chi connectivity index (χ3n) is 4.15. The van der Waals surface area contributed by atoms with Gasteiger partial charge in [-0.15, -0.1) is 0 Å². The van der Waals surface area contributed by atoms with Crippen molar-refractivity contribution in [2.24, 2.45) is 0 Å². The van der Waals surface area contributed by atoms with Crippen LogP contribution in [0.1, 0.15) is 64.6 Å². The first kappa shape index (κ1) is 15.1. The van der Waals surface area contributed by atoms with E-state index >= 15 is 0 Å². The number of hydrogen-bond donors (Lipinski definition) is 1. The van der Waals surface area contributed by atoms with Gasteiger partial charge in [0.25, 0.3) is 0 Å². The van der Waals surface area contributed by atoms with E-state index in [0.29, 0.717) is 12.0 Å². The Morgan fingerprint density at radius 1 is 1.30 bits per heavy atom. The Kier molecular flexibility index (Phi) is 5.21. The highest BCUT2D eigenvalue weighted by Crippen LogP contribution is 2.27. The van der Waals surface area contributed by atoms with E-state index in [1.807, 2.05) is 7.05 Å². The molecule has 1 N–H and O–H groups in total. The van der Waals surface area contributed by atoms with Crippen molar-refractivity contribution in [2.45, 2.75) is 64.8 Å². The van der Waals surface area contributed by atoms with Crippen molar-refractivity contribution in [1.29, 1.82) is 0 Å². The summed E-state index contributed by atoms with van der Waals surface area (Å²) >= 11 is 0. The first-order chi connectivity index (χ1) is 9.65. The molecule has 1 aliphatic rings. The molecule has 0 bridgehead atoms. The van der Waals surface area contributed by atoms with E-state index in [1.54, 1.807) is 0 Å². The molecule has 2 rings (SSSR count). The van der Waals surface area contributed by atoms with Crippen LogP contribution in [-0.2, 0) is 0 Å². The molecule has 112 valence electrons. The second kappa shape index (κ2) is 6.91. The summed E-state index contributed by atoms with van der Waals surface area (Å²) in [6.07, 6.45) is 6.43. The molecule has 1 aromatic rings. The Labute approximate surface area is 123 Å². The Morgan fingerprint density at radius 2 is 2.10 bits per heavy atom. The maximum atomic E-state index is 4.82. The molecule has 1 aliphatic heterocycles. The number of nitrogens with one attached hydrogen (secondary N) is 1. The van der Waals surface area contributed by atoms with Crippen molar-refractivity contribution >= 4 is 11.6 Å². The zero-order valence-electron chi connectivity index (χ0n) is 13.3. The molecule has 0 amide bonds. The fraction of sp³-hybridized carbons (Fsp3) is 0.750. The van der Waals surface area contributed by atoms with Crippen LogP contribution in [-0.4, -0.2) is 29.6 Å². The SMILES string of the molecule is CCC1CCCCCN1c1cc(NC)nc(C(C)C)n1. The van der Waals surface area contributed by atoms with Gasteiger partial charge in [-0.05, 0) is 19.3 Å². The lowest BCUT2D eigenvalue weighted by Gasteiger charge is -2.31. The minimum absolute atomic E-state index is 0.356. The normalized spacial score (nSPS) is 20.1. The molecule has 1 unspecified atom stereocenters. The van der Waals surface area contributed by atoms with Crippen molar-refractivity contribution < 1.29 is 0 Å². The molecule has 2 heterocycles. The van der Waals surface area contributed by atoms with Crippen LogP contribution < -0.4 is 10.2 Å². The molecule has 1 saturated heterocycles. The van der Waals surface area contributed by atoms with Gasteiger partial charge in [-0.25, -0.2) is 9.97 Å². The lowest BCUT2D eigenvalue weighted by Crippen LogP contribution is -2.35. The van der Waals surface area contributed by atoms with Gasteiger partial charge in [0.05, 0.1) is 0 Å². The largest absolute Gasteiger partial charge is 0.373 e. The van der Waals surface area contributed by atoms with Gasteiger partial charge < -0.3 is 10.2 Å². The zero-order valence-corrected chi connectivity index (χ0v) is 13.3. The Morgan fingerprint density at radius 3 is 2.75 bits per heavy atom. The van der Waals surface area contributed by atoms with Crippen LogP contribution in [0.15, 0.2) is 6.07 Å². The topological polar surface area (TPSA) is 41.0 Å². The molecule has 4 heteroatoms. The highest BCUT2D eigenvalue weighted by Gasteiger charge is 2.22. The molecule has 20 heavy (non-hydrogen) atoms. The van der Waals surface area contributed by atoms with Gasteiger partial charge in [-0.1, -0.05) is 33.6 Å². The zero-order chi connectivity index (χ0) is 14.5. The minimum atomic E-state index is 0.356. The quantitative estimate of drug-likeness (QED) is 0.908. The summed E-state index contributed by atoms with van der Waals surface area (Å²) in [4.78, 5) is 11.9. The van der Waals surface area contributed by atoms with Crippen molar-refractivity contribution in [2.75, 3.05) is 23.8 Å². The summed E-state index contributed by atoms with van der Waals surface area (Å²) in [5.41, 5.74) is 0. The van der Waals surface area contributed by atoms with Gasteiger partial charge in [-0.2, -0.15) is 0 Å². The van der Waals surface area contributed by atoms with E-state index in [9.17, 15) is 0 Å². The lowest BCUT2D eigenvalue weighted by molar-refractivity contribution is 0.550. The van der Waals surface area contributed by atoms with Crippen molar-refractivity contribution in [3.8, 4) is 0 Å². The van der Waals surface area contributed by atoms with Gasteiger partial charge in [0.1, 0.15) is 17.5 Å². The number of aromatic nitrogens is 2. The predicted molar refractivity (Wildman–Crippen MR) is 85.6 cm³/mol. The Bertz CT molecular complexity index is 430. The maximum Gasteiger partial charge on any atom is 0.135 e. The first-order valence-corrected chi connectivity index (χ1v) is 7.99. The predicted octanol–water partition coefficient (Wildman–Crippen LogP) is 3.80. The smallest absolute Gasteiger partial charge is 0.135 e. The van der Waals surface area contributed by atoms with E-state index < -0.39 is 0 Å². The molecule has 1 aromatic heterocycles. The van der Waals surface area contributed by atoms with Gasteiger partial charge in [-0.3, -0.25) is 0 Å². The van der Waals surface area contributed by atoms with E-state index in [-0.39, 0.29) is 0 Å². The highest BCUT2D eigenvalue weighted by molar-refractivity contribution is 5.50. The van der Waals surface area contributed by atoms with Crippen LogP contribution in [0.4, 0.5) is 11.6 Å². The van der Waals surface area contributed by atoms with E-state index in [1.165, 1.54) is 32.1 Å². The van der Waals surface area contributed by atoms with Crippen LogP contribution in [0, 0.1) is 0 Å². The molecular formula is C16H28N4. The van der Waals surface area contributed by atoms with Gasteiger partial charge in [0, 0.05) is 31.6 Å². The second-order valence-corrected chi connectivity index (χ2v) is 5.98. The molecule has 4 nitrogen and oxygen atoms in total. The van der Waals surface area contributed by atoms with E-state index in [4.69, 9.17) is 4.98 Å². The third-order valence-corrected chi connectivity index (χ3v) is 4.15. The summed E-state index contributed by atoms with van der Waals surface area (Å²) < 4.78 is 0.